The maximum Gasteiger partial charge on any atom is 0.325 e. The SMILES string of the molecule is O=C(COC(=O)CCN1C(=O)Cc2ccccc2C1=O)NC(=O)Nc1ccccc1. The molecule has 9 nitrogen and oxygen atoms in total. The van der Waals surface area contributed by atoms with Gasteiger partial charge in [0.15, 0.2) is 6.61 Å². The van der Waals surface area contributed by atoms with E-state index in [1.54, 1.807) is 54.6 Å². The van der Waals surface area contributed by atoms with Gasteiger partial charge in [0, 0.05) is 17.8 Å². The Kier molecular flexibility index (Phi) is 6.53. The van der Waals surface area contributed by atoms with Gasteiger partial charge in [-0.15, -0.1) is 0 Å². The van der Waals surface area contributed by atoms with Gasteiger partial charge in [-0.05, 0) is 23.8 Å². The first kappa shape index (κ1) is 20.7. The zero-order valence-corrected chi connectivity index (χ0v) is 15.9. The Morgan fingerprint density at radius 3 is 2.43 bits per heavy atom. The summed E-state index contributed by atoms with van der Waals surface area (Å²) in [6.07, 6.45) is -0.182. The Morgan fingerprint density at radius 2 is 1.67 bits per heavy atom. The zero-order valence-electron chi connectivity index (χ0n) is 15.9. The molecule has 1 aliphatic heterocycles. The molecule has 3 rings (SSSR count). The highest BCUT2D eigenvalue weighted by Crippen LogP contribution is 2.19. The molecular weight excluding hydrogens is 390 g/mol. The molecule has 2 aromatic carbocycles. The van der Waals surface area contributed by atoms with Crippen molar-refractivity contribution >= 4 is 35.4 Å². The van der Waals surface area contributed by atoms with Crippen molar-refractivity contribution in [3.8, 4) is 0 Å². The molecule has 0 aromatic heterocycles. The number of carbonyl (C=O) groups is 5. The molecule has 1 heterocycles. The van der Waals surface area contributed by atoms with Gasteiger partial charge in [0.2, 0.25) is 5.91 Å². The number of para-hydroxylation sites is 1. The topological polar surface area (TPSA) is 122 Å². The second-order valence-electron chi connectivity index (χ2n) is 6.46. The number of amides is 5. The van der Waals surface area contributed by atoms with Crippen molar-refractivity contribution in [3.63, 3.8) is 0 Å². The van der Waals surface area contributed by atoms with Crippen LogP contribution in [0.5, 0.6) is 0 Å². The Balaban J connectivity index is 1.41. The Hall–Kier alpha value is -4.01. The zero-order chi connectivity index (χ0) is 21.5. The monoisotopic (exact) mass is 409 g/mol. The molecule has 0 radical (unpaired) electrons. The molecular formula is C21H19N3O6. The van der Waals surface area contributed by atoms with E-state index in [4.69, 9.17) is 4.74 Å². The third-order valence-corrected chi connectivity index (χ3v) is 4.32. The summed E-state index contributed by atoms with van der Waals surface area (Å²) in [7, 11) is 0. The molecule has 9 heteroatoms. The third kappa shape index (κ3) is 5.28. The number of fused-ring (bicyclic) bond motifs is 1. The fraction of sp³-hybridized carbons (Fsp3) is 0.190. The summed E-state index contributed by atoms with van der Waals surface area (Å²) in [5, 5.41) is 4.48. The highest BCUT2D eigenvalue weighted by Gasteiger charge is 2.30. The molecule has 30 heavy (non-hydrogen) atoms. The first-order chi connectivity index (χ1) is 14.4. The van der Waals surface area contributed by atoms with Crippen molar-refractivity contribution in [1.29, 1.82) is 0 Å². The van der Waals surface area contributed by atoms with Gasteiger partial charge in [0.1, 0.15) is 0 Å². The minimum Gasteiger partial charge on any atom is -0.456 e. The molecule has 2 aromatic rings. The first-order valence-corrected chi connectivity index (χ1v) is 9.18. The van der Waals surface area contributed by atoms with Crippen LogP contribution in [0.3, 0.4) is 0 Å². The Labute approximate surface area is 172 Å². The molecule has 0 saturated heterocycles. The quantitative estimate of drug-likeness (QED) is 0.551. The van der Waals surface area contributed by atoms with Crippen LogP contribution in [-0.4, -0.2) is 47.8 Å². The predicted octanol–water partition coefficient (Wildman–Crippen LogP) is 1.49. The molecule has 154 valence electrons. The van der Waals surface area contributed by atoms with Gasteiger partial charge in [-0.2, -0.15) is 0 Å². The molecule has 2 N–H and O–H groups in total. The summed E-state index contributed by atoms with van der Waals surface area (Å²) in [4.78, 5) is 60.9. The van der Waals surface area contributed by atoms with Crippen LogP contribution in [0, 0.1) is 0 Å². The minimum atomic E-state index is -0.809. The van der Waals surface area contributed by atoms with Crippen molar-refractivity contribution in [2.24, 2.45) is 0 Å². The van der Waals surface area contributed by atoms with E-state index in [0.717, 1.165) is 4.90 Å². The van der Waals surface area contributed by atoms with E-state index in [1.165, 1.54) is 0 Å². The number of imide groups is 2. The summed E-state index contributed by atoms with van der Waals surface area (Å²) in [6, 6.07) is 14.5. The number of esters is 1. The van der Waals surface area contributed by atoms with Crippen LogP contribution in [0.25, 0.3) is 0 Å². The fourth-order valence-corrected chi connectivity index (χ4v) is 2.89. The van der Waals surface area contributed by atoms with Crippen LogP contribution in [0.15, 0.2) is 54.6 Å². The lowest BCUT2D eigenvalue weighted by Gasteiger charge is -2.26. The van der Waals surface area contributed by atoms with Crippen molar-refractivity contribution in [2.45, 2.75) is 12.8 Å². The lowest BCUT2D eigenvalue weighted by atomic mass is 9.98. The number of hydrogen-bond donors (Lipinski definition) is 2. The van der Waals surface area contributed by atoms with Gasteiger partial charge in [0.25, 0.3) is 11.8 Å². The Morgan fingerprint density at radius 1 is 0.967 bits per heavy atom. The number of hydrogen-bond acceptors (Lipinski definition) is 6. The standard InChI is InChI=1S/C21H19N3O6/c25-17(23-21(29)22-15-7-2-1-3-8-15)13-30-19(27)10-11-24-18(26)12-14-6-4-5-9-16(14)20(24)28/h1-9H,10-13H2,(H2,22,23,25,29). The van der Waals surface area contributed by atoms with Crippen LogP contribution in [0.1, 0.15) is 22.3 Å². The predicted molar refractivity (Wildman–Crippen MR) is 105 cm³/mol. The van der Waals surface area contributed by atoms with Crippen molar-refractivity contribution in [1.82, 2.24) is 10.2 Å². The summed E-state index contributed by atoms with van der Waals surface area (Å²) in [5.41, 5.74) is 1.57. The molecule has 0 aliphatic carbocycles. The highest BCUT2D eigenvalue weighted by molar-refractivity contribution is 6.09. The molecule has 1 aliphatic rings. The molecule has 5 amide bonds. The highest BCUT2D eigenvalue weighted by atomic mass is 16.5. The van der Waals surface area contributed by atoms with Crippen molar-refractivity contribution < 1.29 is 28.7 Å². The van der Waals surface area contributed by atoms with E-state index in [-0.39, 0.29) is 19.4 Å². The molecule has 0 bridgehead atoms. The lowest BCUT2D eigenvalue weighted by molar-refractivity contribution is -0.148. The average Bonchev–Trinajstić information content (AvgIpc) is 2.72. The first-order valence-electron chi connectivity index (χ1n) is 9.18. The smallest absolute Gasteiger partial charge is 0.325 e. The van der Waals surface area contributed by atoms with Gasteiger partial charge in [-0.25, -0.2) is 4.79 Å². The largest absolute Gasteiger partial charge is 0.456 e. The summed E-state index contributed by atoms with van der Waals surface area (Å²) >= 11 is 0. The van der Waals surface area contributed by atoms with Gasteiger partial charge < -0.3 is 10.1 Å². The van der Waals surface area contributed by atoms with Gasteiger partial charge >= 0.3 is 12.0 Å². The number of ether oxygens (including phenoxy) is 1. The maximum absolute atomic E-state index is 12.4. The van der Waals surface area contributed by atoms with Gasteiger partial charge in [0.05, 0.1) is 12.8 Å². The van der Waals surface area contributed by atoms with Crippen LogP contribution >= 0.6 is 0 Å². The van der Waals surface area contributed by atoms with E-state index in [9.17, 15) is 24.0 Å². The molecule has 0 unspecified atom stereocenters. The van der Waals surface area contributed by atoms with E-state index in [0.29, 0.717) is 16.8 Å². The van der Waals surface area contributed by atoms with E-state index >= 15 is 0 Å². The van der Waals surface area contributed by atoms with Crippen LogP contribution in [0.2, 0.25) is 0 Å². The second kappa shape index (κ2) is 9.46. The van der Waals surface area contributed by atoms with E-state index < -0.39 is 36.3 Å². The number of benzene rings is 2. The average molecular weight is 409 g/mol. The van der Waals surface area contributed by atoms with E-state index in [1.807, 2.05) is 5.32 Å². The Bertz CT molecular complexity index is 989. The van der Waals surface area contributed by atoms with Gasteiger partial charge in [-0.1, -0.05) is 36.4 Å². The summed E-state index contributed by atoms with van der Waals surface area (Å²) < 4.78 is 4.81. The van der Waals surface area contributed by atoms with Crippen molar-refractivity contribution in [2.75, 3.05) is 18.5 Å². The minimum absolute atomic E-state index is 0.0793. The van der Waals surface area contributed by atoms with E-state index in [2.05, 4.69) is 5.32 Å². The molecule has 0 fully saturated rings. The van der Waals surface area contributed by atoms with Crippen LogP contribution in [-0.2, 0) is 25.5 Å². The maximum atomic E-state index is 12.4. The number of rotatable bonds is 6. The summed E-state index contributed by atoms with van der Waals surface area (Å²) in [5.74, 6) is -2.45. The normalized spacial score (nSPS) is 12.7. The molecule has 0 spiro atoms. The number of nitrogens with zero attached hydrogens (tertiary/aromatic N) is 1. The molecule has 0 atom stereocenters. The second-order valence-corrected chi connectivity index (χ2v) is 6.46. The lowest BCUT2D eigenvalue weighted by Crippen LogP contribution is -2.43. The van der Waals surface area contributed by atoms with Gasteiger partial charge in [-0.3, -0.25) is 29.4 Å². The van der Waals surface area contributed by atoms with Crippen LogP contribution < -0.4 is 10.6 Å². The number of urea groups is 1. The molecule has 0 saturated carbocycles. The van der Waals surface area contributed by atoms with Crippen LogP contribution in [0.4, 0.5) is 10.5 Å². The fourth-order valence-electron chi connectivity index (χ4n) is 2.89. The summed E-state index contributed by atoms with van der Waals surface area (Å²) in [6.45, 7) is -0.813. The number of carbonyl (C=O) groups excluding carboxylic acids is 5. The van der Waals surface area contributed by atoms with Crippen molar-refractivity contribution in [3.05, 3.63) is 65.7 Å². The number of nitrogens with one attached hydrogen (secondary N) is 2. The third-order valence-electron chi connectivity index (χ3n) is 4.32. The number of anilines is 1.